The first-order valence-corrected chi connectivity index (χ1v) is 13.3. The number of esters is 2. The van der Waals surface area contributed by atoms with Crippen LogP contribution in [-0.4, -0.2) is 87.5 Å². The molecule has 0 amide bonds. The molecule has 1 aromatic rings. The molecule has 11 nitrogen and oxygen atoms in total. The topological polar surface area (TPSA) is 160 Å². The number of ether oxygens (including phenoxy) is 3. The van der Waals surface area contributed by atoms with Crippen LogP contribution in [0.1, 0.15) is 65.0 Å². The smallest absolute Gasteiger partial charge is 0.347 e. The monoisotopic (exact) mass is 561 g/mol. The first kappa shape index (κ1) is 31.1. The zero-order valence-corrected chi connectivity index (χ0v) is 24.0. The van der Waals surface area contributed by atoms with Gasteiger partial charge < -0.3 is 34.4 Å². The summed E-state index contributed by atoms with van der Waals surface area (Å²) in [5.41, 5.74) is 1.88. The molecule has 0 radical (unpaired) electrons. The van der Waals surface area contributed by atoms with Gasteiger partial charge in [0, 0.05) is 18.5 Å². The van der Waals surface area contributed by atoms with E-state index in [0.717, 1.165) is 43.5 Å². The number of carboxylic acid groups (broad SMARTS) is 1. The van der Waals surface area contributed by atoms with Crippen LogP contribution in [-0.2, 0) is 34.1 Å². The van der Waals surface area contributed by atoms with Crippen LogP contribution in [0.3, 0.4) is 0 Å². The van der Waals surface area contributed by atoms with Gasteiger partial charge in [-0.25, -0.2) is 4.79 Å². The SMILES string of the molecule is CC(=O)O[C@@H](C)C(=O)O[C@@H](CC(=O)O)C(C)=O.CC1=CCC2(O)C(C)N(C)CCC23c2c(C)ccc(O)c2OC13. The summed E-state index contributed by atoms with van der Waals surface area (Å²) in [7, 11) is 2.07. The number of nitrogens with zero attached hydrogens (tertiary/aromatic N) is 1. The maximum absolute atomic E-state index is 11.8. The number of aromatic hydroxyl groups is 1. The lowest BCUT2D eigenvalue weighted by atomic mass is 9.53. The summed E-state index contributed by atoms with van der Waals surface area (Å²) in [6.07, 6.45) is 0.210. The summed E-state index contributed by atoms with van der Waals surface area (Å²) >= 11 is 0. The number of piperidine rings is 1. The van der Waals surface area contributed by atoms with E-state index >= 15 is 0 Å². The minimum atomic E-state index is -1.36. The van der Waals surface area contributed by atoms with E-state index in [-0.39, 0.29) is 17.9 Å². The zero-order valence-electron chi connectivity index (χ0n) is 24.0. The van der Waals surface area contributed by atoms with Crippen LogP contribution in [0.15, 0.2) is 23.8 Å². The van der Waals surface area contributed by atoms with E-state index in [9.17, 15) is 29.4 Å². The fraction of sp³-hybridized carbons (Fsp3) is 0.586. The van der Waals surface area contributed by atoms with E-state index in [2.05, 4.69) is 48.3 Å². The molecule has 0 saturated carbocycles. The van der Waals surface area contributed by atoms with Gasteiger partial charge in [0.2, 0.25) is 0 Å². The van der Waals surface area contributed by atoms with Crippen LogP contribution in [0, 0.1) is 6.92 Å². The van der Waals surface area contributed by atoms with E-state index in [1.54, 1.807) is 6.07 Å². The van der Waals surface area contributed by atoms with E-state index in [0.29, 0.717) is 12.2 Å². The van der Waals surface area contributed by atoms with Gasteiger partial charge in [-0.2, -0.15) is 0 Å². The average molecular weight is 562 g/mol. The molecule has 220 valence electrons. The molecule has 2 heterocycles. The number of carbonyl (C=O) groups is 4. The third-order valence-electron chi connectivity index (χ3n) is 8.35. The van der Waals surface area contributed by atoms with Gasteiger partial charge in [0.1, 0.15) is 6.10 Å². The van der Waals surface area contributed by atoms with Gasteiger partial charge in [-0.15, -0.1) is 0 Å². The maximum Gasteiger partial charge on any atom is 0.347 e. The lowest BCUT2D eigenvalue weighted by molar-refractivity contribution is -0.172. The summed E-state index contributed by atoms with van der Waals surface area (Å²) < 4.78 is 15.4. The molecule has 3 aliphatic rings. The number of fused-ring (bicyclic) bond motifs is 1. The number of ketones is 1. The van der Waals surface area contributed by atoms with Gasteiger partial charge >= 0.3 is 17.9 Å². The molecule has 6 atom stereocenters. The lowest BCUT2D eigenvalue weighted by Gasteiger charge is -2.58. The molecule has 1 spiro atoms. The number of aliphatic hydroxyl groups is 1. The molecule has 1 aliphatic carbocycles. The second-order valence-corrected chi connectivity index (χ2v) is 10.9. The molecule has 1 saturated heterocycles. The van der Waals surface area contributed by atoms with E-state index in [1.807, 2.05) is 6.07 Å². The number of aryl methyl sites for hydroxylation is 1. The van der Waals surface area contributed by atoms with Crippen LogP contribution in [0.25, 0.3) is 0 Å². The number of benzene rings is 1. The number of carbonyl (C=O) groups excluding carboxylic acids is 3. The van der Waals surface area contributed by atoms with E-state index in [4.69, 9.17) is 9.84 Å². The maximum atomic E-state index is 11.8. The summed E-state index contributed by atoms with van der Waals surface area (Å²) in [6.45, 7) is 10.6. The van der Waals surface area contributed by atoms with Crippen molar-refractivity contribution < 1.29 is 48.7 Å². The van der Waals surface area contributed by atoms with Gasteiger partial charge in [0.25, 0.3) is 0 Å². The highest BCUT2D eigenvalue weighted by Gasteiger charge is 2.67. The number of aliphatic carboxylic acids is 1. The Kier molecular flexibility index (Phi) is 9.00. The van der Waals surface area contributed by atoms with Crippen molar-refractivity contribution in [1.29, 1.82) is 0 Å². The average Bonchev–Trinajstić information content (AvgIpc) is 3.24. The van der Waals surface area contributed by atoms with Crippen molar-refractivity contribution in [3.63, 3.8) is 0 Å². The second kappa shape index (κ2) is 11.6. The van der Waals surface area contributed by atoms with Crippen molar-refractivity contribution in [2.45, 2.75) is 96.2 Å². The molecule has 2 aliphatic heterocycles. The molecule has 4 rings (SSSR count). The third kappa shape index (κ3) is 5.44. The Morgan fingerprint density at radius 1 is 1.18 bits per heavy atom. The molecule has 11 heteroatoms. The molecule has 40 heavy (non-hydrogen) atoms. The van der Waals surface area contributed by atoms with Gasteiger partial charge in [0.05, 0.1) is 17.4 Å². The van der Waals surface area contributed by atoms with E-state index in [1.165, 1.54) is 6.92 Å². The predicted octanol–water partition coefficient (Wildman–Crippen LogP) is 2.42. The summed E-state index contributed by atoms with van der Waals surface area (Å²) in [6, 6.07) is 3.66. The number of carboxylic acids is 1. The molecule has 0 bridgehead atoms. The van der Waals surface area contributed by atoms with Gasteiger partial charge in [-0.05, 0) is 78.3 Å². The number of likely N-dealkylation sites (tertiary alicyclic amines) is 1. The summed E-state index contributed by atoms with van der Waals surface area (Å²) in [5, 5.41) is 30.7. The first-order valence-electron chi connectivity index (χ1n) is 13.3. The molecule has 4 unspecified atom stereocenters. The highest BCUT2D eigenvalue weighted by Crippen LogP contribution is 2.62. The van der Waals surface area contributed by atoms with Crippen molar-refractivity contribution in [1.82, 2.24) is 4.90 Å². The Morgan fingerprint density at radius 2 is 1.82 bits per heavy atom. The first-order chi connectivity index (χ1) is 18.6. The number of Topliss-reactive ketones (excluding diaryl/α,β-unsaturated/α-hetero) is 1. The van der Waals surface area contributed by atoms with Crippen molar-refractivity contribution in [2.24, 2.45) is 0 Å². The molecule has 1 fully saturated rings. The van der Waals surface area contributed by atoms with Gasteiger partial charge in [-0.3, -0.25) is 14.4 Å². The largest absolute Gasteiger partial charge is 0.504 e. The minimum absolute atomic E-state index is 0.0272. The Labute approximate surface area is 233 Å². The fourth-order valence-electron chi connectivity index (χ4n) is 6.11. The Hall–Kier alpha value is -3.44. The fourth-order valence-corrected chi connectivity index (χ4v) is 6.11. The molecule has 1 aromatic carbocycles. The van der Waals surface area contributed by atoms with Crippen LogP contribution in [0.2, 0.25) is 0 Å². The van der Waals surface area contributed by atoms with Gasteiger partial charge in [0.15, 0.2) is 29.5 Å². The Balaban J connectivity index is 0.000000234. The minimum Gasteiger partial charge on any atom is -0.504 e. The number of hydrogen-bond donors (Lipinski definition) is 3. The van der Waals surface area contributed by atoms with Crippen molar-refractivity contribution in [2.75, 3.05) is 13.6 Å². The zero-order chi connectivity index (χ0) is 30.2. The highest BCUT2D eigenvalue weighted by molar-refractivity contribution is 5.88. The van der Waals surface area contributed by atoms with Crippen LogP contribution >= 0.6 is 0 Å². The second-order valence-electron chi connectivity index (χ2n) is 10.9. The van der Waals surface area contributed by atoms with Crippen molar-refractivity contribution >= 4 is 23.7 Å². The molecule has 3 N–H and O–H groups in total. The number of hydrogen-bond acceptors (Lipinski definition) is 10. The quantitative estimate of drug-likeness (QED) is 0.346. The molecule has 0 aromatic heterocycles. The molecular formula is C29H39NO10. The number of rotatable bonds is 6. The van der Waals surface area contributed by atoms with E-state index < -0.39 is 53.3 Å². The standard InChI is InChI=1S/C19H25NO3.C10H14O7/c1-11-5-6-14(21)16-15(11)18-9-10-20(4)13(3)19(18,22)8-7-12(2)17(18)23-16;1-5(11)8(4-9(13)14)17-10(15)6(2)16-7(3)12/h5-7,13,17,21-22H,8-10H2,1-4H3;6,8H,4H2,1-3H3,(H,13,14)/t;6-,8-/m.0/s1. The van der Waals surface area contributed by atoms with Crippen molar-refractivity contribution in [3.05, 3.63) is 34.9 Å². The Morgan fingerprint density at radius 3 is 2.40 bits per heavy atom. The summed E-state index contributed by atoms with van der Waals surface area (Å²) in [4.78, 5) is 45.6. The third-order valence-corrected chi connectivity index (χ3v) is 8.35. The summed E-state index contributed by atoms with van der Waals surface area (Å²) in [5.74, 6) is -2.74. The number of phenols is 1. The van der Waals surface area contributed by atoms with Crippen LogP contribution in [0.4, 0.5) is 0 Å². The van der Waals surface area contributed by atoms with Crippen LogP contribution < -0.4 is 4.74 Å². The Bertz CT molecular complexity index is 1230. The normalized spacial score (nSPS) is 28.1. The predicted molar refractivity (Wildman–Crippen MR) is 143 cm³/mol. The number of likely N-dealkylation sites (N-methyl/N-ethyl adjacent to an activating group) is 1. The van der Waals surface area contributed by atoms with Gasteiger partial charge in [-0.1, -0.05) is 12.1 Å². The molecular weight excluding hydrogens is 522 g/mol. The lowest BCUT2D eigenvalue weighted by Crippen LogP contribution is -2.71. The highest BCUT2D eigenvalue weighted by atomic mass is 16.6. The van der Waals surface area contributed by atoms with Crippen LogP contribution in [0.5, 0.6) is 11.5 Å². The number of phenolic OH excluding ortho intramolecular Hbond substituents is 1. The van der Waals surface area contributed by atoms with Crippen molar-refractivity contribution in [3.8, 4) is 11.5 Å².